The summed E-state index contributed by atoms with van der Waals surface area (Å²) < 4.78 is 19.4. The number of hydrogen-bond acceptors (Lipinski definition) is 20. The maximum atomic E-state index is 10.6. The number of hydrazine groups is 4. The molecule has 0 fully saturated rings. The van der Waals surface area contributed by atoms with Gasteiger partial charge in [-0.1, -0.05) is 0 Å². The van der Waals surface area contributed by atoms with E-state index in [4.69, 9.17) is 42.3 Å². The van der Waals surface area contributed by atoms with Gasteiger partial charge < -0.3 is 80.3 Å². The Morgan fingerprint density at radius 3 is 0.698 bits per heavy atom. The minimum Gasteiger partial charge on any atom is -0.545 e. The van der Waals surface area contributed by atoms with Gasteiger partial charge >= 0.3 is 23.9 Å². The fourth-order valence-corrected chi connectivity index (χ4v) is 3.78. The molecule has 4 aromatic carbocycles. The number of nitrogens with two attached hydrogens (primary N) is 4. The number of methoxy groups -OCH3 is 4. The van der Waals surface area contributed by atoms with Crippen LogP contribution in [0, 0.1) is 0 Å². The van der Waals surface area contributed by atoms with Gasteiger partial charge in [0.2, 0.25) is 0 Å². The molecule has 0 aliphatic rings. The summed E-state index contributed by atoms with van der Waals surface area (Å²) in [7, 11) is 5.79. The van der Waals surface area contributed by atoms with Gasteiger partial charge in [0, 0.05) is 22.3 Å². The summed E-state index contributed by atoms with van der Waals surface area (Å²) in [5.74, 6) is 17.0. The van der Waals surface area contributed by atoms with E-state index in [1.54, 1.807) is 24.3 Å². The monoisotopic (exact) mass is 844 g/mol. The Balaban J connectivity index is 0.000000676. The Morgan fingerprint density at radius 1 is 0.415 bits per heavy atom. The Hall–Kier alpha value is -6.20. The molecule has 21 heteroatoms. The zero-order chi connectivity index (χ0) is 39.4. The van der Waals surface area contributed by atoms with E-state index in [1.807, 2.05) is 0 Å². The van der Waals surface area contributed by atoms with Crippen LogP contribution >= 0.6 is 0 Å². The second kappa shape index (κ2) is 24.1. The van der Waals surface area contributed by atoms with Crippen LogP contribution in [-0.2, 0) is 0 Å². The molecule has 280 valence electrons. The number of anilines is 4. The molecule has 0 aromatic heterocycles. The third kappa shape index (κ3) is 14.5. The number of carboxylic acids is 4. The maximum Gasteiger partial charge on any atom is 4.00 e. The maximum absolute atomic E-state index is 10.6. The molecule has 0 amide bonds. The Kier molecular flexibility index (Phi) is 21.3. The van der Waals surface area contributed by atoms with E-state index in [0.717, 1.165) is 0 Å². The fourth-order valence-electron chi connectivity index (χ4n) is 3.78. The molecule has 0 aliphatic carbocycles. The predicted octanol–water partition coefficient (Wildman–Crippen LogP) is -3.00. The van der Waals surface area contributed by atoms with Crippen LogP contribution in [0.1, 0.15) is 41.4 Å². The van der Waals surface area contributed by atoms with Crippen LogP contribution in [0.4, 0.5) is 22.7 Å². The van der Waals surface area contributed by atoms with Gasteiger partial charge in [0.25, 0.3) is 0 Å². The first-order chi connectivity index (χ1) is 24.7. The van der Waals surface area contributed by atoms with Crippen molar-refractivity contribution in [2.75, 3.05) is 50.1 Å². The quantitative estimate of drug-likeness (QED) is 0.0400. The normalized spacial score (nSPS) is 9.21. The van der Waals surface area contributed by atoms with E-state index in [1.165, 1.54) is 77.0 Å². The minimum atomic E-state index is -1.30. The number of benzene rings is 4. The number of nitrogen functional groups attached to an aromatic ring is 4. The molecule has 0 radical (unpaired) electrons. The molecular weight excluding hydrogens is 807 g/mol. The van der Waals surface area contributed by atoms with E-state index in [0.29, 0.717) is 45.7 Å². The van der Waals surface area contributed by atoms with Crippen molar-refractivity contribution >= 4 is 70.5 Å². The second-order valence-corrected chi connectivity index (χ2v) is 9.37. The van der Waals surface area contributed by atoms with Crippen molar-refractivity contribution in [2.45, 2.75) is 0 Å². The zero-order valence-corrected chi connectivity index (χ0v) is 31.5. The molecule has 4 rings (SSSR count). The number of ether oxygens (including phenoxy) is 4. The van der Waals surface area contributed by atoms with Crippen LogP contribution in [0.5, 0.6) is 23.0 Å². The van der Waals surface area contributed by atoms with E-state index in [9.17, 15) is 39.6 Å². The van der Waals surface area contributed by atoms with Crippen molar-refractivity contribution in [1.29, 1.82) is 0 Å². The van der Waals surface area contributed by atoms with Crippen LogP contribution in [0.15, 0.2) is 72.8 Å². The number of hydrogen-bond donors (Lipinski definition) is 8. The van der Waals surface area contributed by atoms with Crippen LogP contribution in [0.2, 0.25) is 0 Å². The number of aromatic carboxylic acids is 4. The van der Waals surface area contributed by atoms with E-state index in [-0.39, 0.29) is 46.2 Å². The third-order valence-corrected chi connectivity index (χ3v) is 6.41. The third-order valence-electron chi connectivity index (χ3n) is 6.41. The number of rotatable bonds is 12. The van der Waals surface area contributed by atoms with Crippen molar-refractivity contribution in [3.05, 3.63) is 95.1 Å². The summed E-state index contributed by atoms with van der Waals surface area (Å²) in [6, 6.07) is 17.8. The summed E-state index contributed by atoms with van der Waals surface area (Å²) >= 11 is 0. The molecule has 0 aliphatic heterocycles. The first-order valence-corrected chi connectivity index (χ1v) is 14.2. The zero-order valence-electron chi connectivity index (χ0n) is 28.6. The molecule has 0 unspecified atom stereocenters. The average molecular weight is 843 g/mol. The van der Waals surface area contributed by atoms with Crippen LogP contribution < -0.4 is 84.4 Å². The molecule has 53 heavy (non-hydrogen) atoms. The summed E-state index contributed by atoms with van der Waals surface area (Å²) in [5.41, 5.74) is 10.1. The van der Waals surface area contributed by atoms with Gasteiger partial charge in [-0.05, 0) is 72.8 Å². The van der Waals surface area contributed by atoms with Crippen LogP contribution in [0.3, 0.4) is 0 Å². The van der Waals surface area contributed by atoms with Crippen molar-refractivity contribution < 1.29 is 58.6 Å². The topological polar surface area (TPSA) is 350 Å². The smallest absolute Gasteiger partial charge is 0.545 e. The first-order valence-electron chi connectivity index (χ1n) is 14.2. The molecule has 0 atom stereocenters. The van der Waals surface area contributed by atoms with Gasteiger partial charge in [0.05, 0.1) is 75.1 Å². The molecular formula is C32H36N8O12Sn. The van der Waals surface area contributed by atoms with Gasteiger partial charge in [-0.3, -0.25) is 23.4 Å². The Labute approximate surface area is 319 Å². The standard InChI is InChI=1S/4C8H10N2O3.Sn/c4*1-13-5-2-3-7(10-9)6(4-5)8(11)12;/h4*2-4,10H,9H2,1H3,(H,11,12);/q;;;;+4/p-4. The fraction of sp³-hybridized carbons (Fsp3) is 0.125. The van der Waals surface area contributed by atoms with Crippen molar-refractivity contribution in [3.8, 4) is 23.0 Å². The average Bonchev–Trinajstić information content (AvgIpc) is 3.17. The summed E-state index contributed by atoms with van der Waals surface area (Å²) in [6.07, 6.45) is 0. The molecule has 4 aromatic rings. The van der Waals surface area contributed by atoms with Crippen LogP contribution in [-0.4, -0.2) is 76.2 Å². The molecule has 0 heterocycles. The van der Waals surface area contributed by atoms with Gasteiger partial charge in [0.15, 0.2) is 0 Å². The SMILES string of the molecule is COc1ccc(NN)c(C(=O)[O-])c1.COc1ccc(NN)c(C(=O)[O-])c1.COc1ccc(NN)c(C(=O)[O-])c1.COc1ccc(NN)c(C(=O)[O-])c1.[Sn+4]. The number of nitrogens with one attached hydrogen (secondary N) is 4. The summed E-state index contributed by atoms with van der Waals surface area (Å²) in [6.45, 7) is 0. The van der Waals surface area contributed by atoms with Gasteiger partial charge in [-0.15, -0.1) is 0 Å². The molecule has 20 nitrogen and oxygen atoms in total. The summed E-state index contributed by atoms with van der Waals surface area (Å²) in [5, 5.41) is 42.3. The van der Waals surface area contributed by atoms with Crippen molar-refractivity contribution in [1.82, 2.24) is 0 Å². The number of carbonyl (C=O) groups is 4. The van der Waals surface area contributed by atoms with E-state index < -0.39 is 23.9 Å². The molecule has 12 N–H and O–H groups in total. The molecule has 0 saturated carbocycles. The van der Waals surface area contributed by atoms with Gasteiger partial charge in [-0.25, -0.2) is 0 Å². The predicted molar refractivity (Wildman–Crippen MR) is 186 cm³/mol. The Bertz CT molecular complexity index is 1570. The van der Waals surface area contributed by atoms with Gasteiger partial charge in [0.1, 0.15) is 23.0 Å². The number of carbonyl (C=O) groups excluding carboxylic acids is 4. The first kappa shape index (κ1) is 46.8. The molecule has 0 saturated heterocycles. The molecule has 0 spiro atoms. The second-order valence-electron chi connectivity index (χ2n) is 9.37. The minimum absolute atomic E-state index is 0. The van der Waals surface area contributed by atoms with Crippen molar-refractivity contribution in [2.24, 2.45) is 23.4 Å². The van der Waals surface area contributed by atoms with Crippen LogP contribution in [0.25, 0.3) is 0 Å². The van der Waals surface area contributed by atoms with Crippen molar-refractivity contribution in [3.63, 3.8) is 0 Å². The summed E-state index contributed by atoms with van der Waals surface area (Å²) in [4.78, 5) is 42.3. The van der Waals surface area contributed by atoms with E-state index >= 15 is 0 Å². The number of carboxylic acid groups (broad SMARTS) is 4. The Morgan fingerprint density at radius 2 is 0.585 bits per heavy atom. The van der Waals surface area contributed by atoms with E-state index in [2.05, 4.69) is 21.7 Å². The molecule has 0 bridgehead atoms. The van der Waals surface area contributed by atoms with Gasteiger partial charge in [-0.2, -0.15) is 0 Å². The largest absolute Gasteiger partial charge is 4.00 e.